The molecule has 6 heteroatoms. The fraction of sp³-hybridized carbons (Fsp3) is 0.263. The number of hydrogen-bond donors (Lipinski definition) is 2. The zero-order valence-electron chi connectivity index (χ0n) is 13.7. The van der Waals surface area contributed by atoms with Crippen molar-refractivity contribution in [1.82, 2.24) is 0 Å². The summed E-state index contributed by atoms with van der Waals surface area (Å²) in [6.45, 7) is 0.643. The van der Waals surface area contributed by atoms with Gasteiger partial charge in [-0.2, -0.15) is 0 Å². The summed E-state index contributed by atoms with van der Waals surface area (Å²) in [5.74, 6) is 0.167. The molecule has 0 radical (unpaired) electrons. The molecule has 2 aromatic rings. The fourth-order valence-corrected chi connectivity index (χ4v) is 3.23. The molecule has 0 spiro atoms. The van der Waals surface area contributed by atoms with Crippen LogP contribution in [0.4, 0.5) is 11.4 Å². The maximum absolute atomic E-state index is 12.0. The minimum absolute atomic E-state index is 0.0648. The number of carbonyl (C=O) groups is 2. The number of benzene rings is 2. The monoisotopic (exact) mass is 356 g/mol. The second-order valence-corrected chi connectivity index (χ2v) is 6.77. The van der Waals surface area contributed by atoms with Gasteiger partial charge in [0.05, 0.1) is 5.75 Å². The second-order valence-electron chi connectivity index (χ2n) is 5.72. The molecule has 0 bridgehead atoms. The minimum atomic E-state index is -0.352. The van der Waals surface area contributed by atoms with E-state index in [0.717, 1.165) is 17.7 Å². The largest absolute Gasteiger partial charge is 0.368 e. The van der Waals surface area contributed by atoms with Gasteiger partial charge in [-0.1, -0.05) is 18.2 Å². The summed E-state index contributed by atoms with van der Waals surface area (Å²) in [5, 5.41) is 5.68. The van der Waals surface area contributed by atoms with Gasteiger partial charge in [0.25, 0.3) is 5.91 Å². The Kier molecular flexibility index (Phi) is 6.09. The Labute approximate surface area is 151 Å². The van der Waals surface area contributed by atoms with Crippen LogP contribution in [-0.2, 0) is 14.3 Å². The lowest BCUT2D eigenvalue weighted by Gasteiger charge is -2.11. The van der Waals surface area contributed by atoms with Gasteiger partial charge in [0, 0.05) is 22.9 Å². The van der Waals surface area contributed by atoms with Crippen LogP contribution in [0, 0.1) is 0 Å². The number of hydrogen-bond acceptors (Lipinski definition) is 4. The Morgan fingerprint density at radius 1 is 1.00 bits per heavy atom. The van der Waals surface area contributed by atoms with Gasteiger partial charge in [0.1, 0.15) is 6.10 Å². The van der Waals surface area contributed by atoms with Crippen molar-refractivity contribution in [2.45, 2.75) is 23.8 Å². The zero-order chi connectivity index (χ0) is 17.5. The lowest BCUT2D eigenvalue weighted by molar-refractivity contribution is -0.124. The van der Waals surface area contributed by atoms with E-state index in [9.17, 15) is 9.59 Å². The van der Waals surface area contributed by atoms with E-state index in [4.69, 9.17) is 4.74 Å². The first-order valence-electron chi connectivity index (χ1n) is 8.21. The van der Waals surface area contributed by atoms with Crippen molar-refractivity contribution in [2.24, 2.45) is 0 Å². The first kappa shape index (κ1) is 17.5. The number of rotatable bonds is 6. The molecule has 2 amide bonds. The highest BCUT2D eigenvalue weighted by molar-refractivity contribution is 8.00. The molecule has 25 heavy (non-hydrogen) atoms. The van der Waals surface area contributed by atoms with E-state index in [1.54, 1.807) is 24.3 Å². The standard InChI is InChI=1S/C19H20N2O3S/c22-18(13-25-16-5-2-1-3-6-16)20-14-8-10-15(11-9-14)21-19(23)17-7-4-12-24-17/h1-3,5-6,8-11,17H,4,7,12-13H2,(H,20,22)(H,21,23). The molecule has 0 aliphatic carbocycles. The van der Waals surface area contributed by atoms with Crippen LogP contribution < -0.4 is 10.6 Å². The molecule has 1 aliphatic rings. The predicted octanol–water partition coefficient (Wildman–Crippen LogP) is 3.53. The van der Waals surface area contributed by atoms with Crippen LogP contribution in [0.1, 0.15) is 12.8 Å². The number of thioether (sulfide) groups is 1. The van der Waals surface area contributed by atoms with Crippen LogP contribution >= 0.6 is 11.8 Å². The number of anilines is 2. The summed E-state index contributed by atoms with van der Waals surface area (Å²) in [5.41, 5.74) is 1.39. The van der Waals surface area contributed by atoms with Gasteiger partial charge in [-0.05, 0) is 49.2 Å². The molecule has 1 atom stereocenters. The van der Waals surface area contributed by atoms with Gasteiger partial charge in [0.2, 0.25) is 5.91 Å². The quantitative estimate of drug-likeness (QED) is 0.777. The fourth-order valence-electron chi connectivity index (χ4n) is 2.51. The number of nitrogens with one attached hydrogen (secondary N) is 2. The summed E-state index contributed by atoms with van der Waals surface area (Å²) in [6.07, 6.45) is 1.33. The Balaban J connectivity index is 1.46. The molecule has 130 valence electrons. The van der Waals surface area contributed by atoms with Crippen molar-refractivity contribution in [2.75, 3.05) is 23.0 Å². The van der Waals surface area contributed by atoms with Gasteiger partial charge in [0.15, 0.2) is 0 Å². The van der Waals surface area contributed by atoms with E-state index in [1.807, 2.05) is 30.3 Å². The molecule has 2 aromatic carbocycles. The van der Waals surface area contributed by atoms with Crippen LogP contribution in [0.2, 0.25) is 0 Å². The van der Waals surface area contributed by atoms with Crippen molar-refractivity contribution >= 4 is 35.0 Å². The van der Waals surface area contributed by atoms with Gasteiger partial charge in [-0.15, -0.1) is 11.8 Å². The van der Waals surface area contributed by atoms with Gasteiger partial charge < -0.3 is 15.4 Å². The van der Waals surface area contributed by atoms with E-state index in [-0.39, 0.29) is 17.9 Å². The molecular weight excluding hydrogens is 336 g/mol. The predicted molar refractivity (Wildman–Crippen MR) is 99.8 cm³/mol. The normalized spacial score (nSPS) is 16.4. The third kappa shape index (κ3) is 5.34. The minimum Gasteiger partial charge on any atom is -0.368 e. The summed E-state index contributed by atoms with van der Waals surface area (Å²) < 4.78 is 5.36. The van der Waals surface area contributed by atoms with E-state index < -0.39 is 0 Å². The molecule has 0 aromatic heterocycles. The summed E-state index contributed by atoms with van der Waals surface area (Å²) in [6, 6.07) is 16.9. The van der Waals surface area contributed by atoms with E-state index in [2.05, 4.69) is 10.6 Å². The number of ether oxygens (including phenoxy) is 1. The molecule has 1 saturated heterocycles. The van der Waals surface area contributed by atoms with E-state index >= 15 is 0 Å². The molecule has 5 nitrogen and oxygen atoms in total. The molecule has 1 fully saturated rings. The van der Waals surface area contributed by atoms with Crippen LogP contribution in [0.3, 0.4) is 0 Å². The average molecular weight is 356 g/mol. The Morgan fingerprint density at radius 2 is 1.68 bits per heavy atom. The molecular formula is C19H20N2O3S. The highest BCUT2D eigenvalue weighted by Crippen LogP contribution is 2.19. The number of amides is 2. The topological polar surface area (TPSA) is 67.4 Å². The summed E-state index contributed by atoms with van der Waals surface area (Å²) in [7, 11) is 0. The first-order chi connectivity index (χ1) is 12.2. The van der Waals surface area contributed by atoms with Gasteiger partial charge >= 0.3 is 0 Å². The van der Waals surface area contributed by atoms with Crippen LogP contribution in [0.15, 0.2) is 59.5 Å². The maximum Gasteiger partial charge on any atom is 0.253 e. The SMILES string of the molecule is O=C(CSc1ccccc1)Nc1ccc(NC(=O)C2CCCO2)cc1. The molecule has 1 unspecified atom stereocenters. The van der Waals surface area contributed by atoms with Crippen LogP contribution in [0.25, 0.3) is 0 Å². The third-order valence-corrected chi connectivity index (χ3v) is 4.78. The number of carbonyl (C=O) groups excluding carboxylic acids is 2. The lowest BCUT2D eigenvalue weighted by atomic mass is 10.2. The van der Waals surface area contributed by atoms with E-state index in [1.165, 1.54) is 11.8 Å². The molecule has 1 aliphatic heterocycles. The van der Waals surface area contributed by atoms with Crippen molar-refractivity contribution in [3.63, 3.8) is 0 Å². The summed E-state index contributed by atoms with van der Waals surface area (Å²) >= 11 is 1.49. The smallest absolute Gasteiger partial charge is 0.253 e. The molecule has 1 heterocycles. The van der Waals surface area contributed by atoms with Crippen LogP contribution in [0.5, 0.6) is 0 Å². The Bertz CT molecular complexity index is 713. The lowest BCUT2D eigenvalue weighted by Crippen LogP contribution is -2.26. The Morgan fingerprint density at radius 3 is 2.32 bits per heavy atom. The molecule has 3 rings (SSSR count). The average Bonchev–Trinajstić information content (AvgIpc) is 3.17. The van der Waals surface area contributed by atoms with Gasteiger partial charge in [-0.3, -0.25) is 9.59 Å². The highest BCUT2D eigenvalue weighted by Gasteiger charge is 2.23. The van der Waals surface area contributed by atoms with E-state index in [0.29, 0.717) is 23.7 Å². The zero-order valence-corrected chi connectivity index (χ0v) is 14.6. The van der Waals surface area contributed by atoms with Crippen molar-refractivity contribution in [3.05, 3.63) is 54.6 Å². The maximum atomic E-state index is 12.0. The molecule has 0 saturated carbocycles. The first-order valence-corrected chi connectivity index (χ1v) is 9.19. The Hall–Kier alpha value is -2.31. The third-order valence-electron chi connectivity index (χ3n) is 3.77. The van der Waals surface area contributed by atoms with Crippen molar-refractivity contribution in [3.8, 4) is 0 Å². The highest BCUT2D eigenvalue weighted by atomic mass is 32.2. The second kappa shape index (κ2) is 8.69. The molecule has 2 N–H and O–H groups in total. The summed E-state index contributed by atoms with van der Waals surface area (Å²) in [4.78, 5) is 25.1. The van der Waals surface area contributed by atoms with Gasteiger partial charge in [-0.25, -0.2) is 0 Å². The van der Waals surface area contributed by atoms with Crippen molar-refractivity contribution in [1.29, 1.82) is 0 Å². The van der Waals surface area contributed by atoms with Crippen molar-refractivity contribution < 1.29 is 14.3 Å². The van der Waals surface area contributed by atoms with Crippen LogP contribution in [-0.4, -0.2) is 30.3 Å².